The molecule has 0 aromatic carbocycles. The zero-order valence-corrected chi connectivity index (χ0v) is 26.8. The summed E-state index contributed by atoms with van der Waals surface area (Å²) in [6.07, 6.45) is 6.79. The van der Waals surface area contributed by atoms with Crippen molar-refractivity contribution in [2.24, 2.45) is 50.1 Å². The molecular weight excluding hydrogens is 614 g/mol. The molecule has 5 atom stereocenters. The second kappa shape index (κ2) is 22.1. The number of amides is 4. The van der Waals surface area contributed by atoms with Crippen LogP contribution in [0.2, 0.25) is 0 Å². The minimum absolute atomic E-state index is 0.0197. The van der Waals surface area contributed by atoms with Crippen molar-refractivity contribution in [2.75, 3.05) is 32.7 Å². The van der Waals surface area contributed by atoms with Gasteiger partial charge < -0.3 is 66.1 Å². The molecular formula is C28H53N13O6. The monoisotopic (exact) mass is 667 g/mol. The van der Waals surface area contributed by atoms with Crippen LogP contribution in [0.3, 0.4) is 0 Å². The Morgan fingerprint density at radius 2 is 1.38 bits per heavy atom. The van der Waals surface area contributed by atoms with Gasteiger partial charge in [-0.2, -0.15) is 0 Å². The topological polar surface area (TPSA) is 352 Å². The Bertz CT molecular complexity index is 1120. The lowest BCUT2D eigenvalue weighted by Gasteiger charge is -2.29. The number of carbonyl (C=O) groups excluding carboxylic acids is 4. The predicted octanol–water partition coefficient (Wildman–Crippen LogP) is -4.41. The lowest BCUT2D eigenvalue weighted by Crippen LogP contribution is -2.57. The number of carbonyl (C=O) groups is 5. The highest BCUT2D eigenvalue weighted by molar-refractivity contribution is 5.95. The van der Waals surface area contributed by atoms with Gasteiger partial charge in [-0.3, -0.25) is 29.2 Å². The molecule has 0 fully saturated rings. The van der Waals surface area contributed by atoms with Crippen molar-refractivity contribution in [1.29, 1.82) is 0 Å². The maximum atomic E-state index is 13.4. The molecule has 18 N–H and O–H groups in total. The first-order valence-electron chi connectivity index (χ1n) is 15.7. The normalized spacial score (nSPS) is 16.3. The van der Waals surface area contributed by atoms with Crippen LogP contribution in [-0.4, -0.2) is 114 Å². The lowest BCUT2D eigenvalue weighted by atomic mass is 10.1. The number of carboxylic acids is 1. The molecule has 1 aliphatic heterocycles. The third kappa shape index (κ3) is 16.1. The molecule has 4 amide bonds. The number of hydrogen-bond acceptors (Lipinski definition) is 10. The van der Waals surface area contributed by atoms with Crippen molar-refractivity contribution in [1.82, 2.24) is 20.9 Å². The van der Waals surface area contributed by atoms with Crippen LogP contribution in [-0.2, 0) is 24.0 Å². The van der Waals surface area contributed by atoms with Gasteiger partial charge in [0.05, 0.1) is 12.1 Å². The van der Waals surface area contributed by atoms with Crippen molar-refractivity contribution >= 4 is 41.5 Å². The molecule has 0 aromatic rings. The van der Waals surface area contributed by atoms with Crippen molar-refractivity contribution in [3.63, 3.8) is 0 Å². The second-order valence-electron chi connectivity index (χ2n) is 11.2. The van der Waals surface area contributed by atoms with Crippen LogP contribution in [0.25, 0.3) is 0 Å². The van der Waals surface area contributed by atoms with Gasteiger partial charge in [0.25, 0.3) is 0 Å². The summed E-state index contributed by atoms with van der Waals surface area (Å²) in [6, 6.07) is -4.95. The van der Waals surface area contributed by atoms with Gasteiger partial charge in [0.15, 0.2) is 11.9 Å². The van der Waals surface area contributed by atoms with Gasteiger partial charge in [0, 0.05) is 26.2 Å². The Balaban J connectivity index is 2.56. The molecule has 1 aliphatic rings. The number of aliphatic carboxylic acids is 1. The van der Waals surface area contributed by atoms with Gasteiger partial charge >= 0.3 is 5.97 Å². The van der Waals surface area contributed by atoms with Gasteiger partial charge in [-0.25, -0.2) is 4.79 Å². The molecule has 47 heavy (non-hydrogen) atoms. The number of unbranched alkanes of at least 4 members (excludes halogenated alkanes) is 2. The van der Waals surface area contributed by atoms with Gasteiger partial charge in [-0.1, -0.05) is 12.2 Å². The largest absolute Gasteiger partial charge is 0.480 e. The van der Waals surface area contributed by atoms with E-state index in [1.807, 2.05) is 0 Å². The van der Waals surface area contributed by atoms with E-state index in [9.17, 15) is 29.1 Å². The van der Waals surface area contributed by atoms with Gasteiger partial charge in [0.2, 0.25) is 23.6 Å². The first-order chi connectivity index (χ1) is 22.3. The Morgan fingerprint density at radius 1 is 0.787 bits per heavy atom. The smallest absolute Gasteiger partial charge is 0.326 e. The van der Waals surface area contributed by atoms with E-state index in [0.717, 1.165) is 0 Å². The summed E-state index contributed by atoms with van der Waals surface area (Å²) in [5.74, 6) is -3.44. The molecule has 19 heteroatoms. The molecule has 0 aromatic heterocycles. The Morgan fingerprint density at radius 3 is 1.98 bits per heavy atom. The predicted molar refractivity (Wildman–Crippen MR) is 177 cm³/mol. The number of nitrogens with zero attached hydrogens (tertiary/aromatic N) is 3. The average Bonchev–Trinajstić information content (AvgIpc) is 3.51. The number of hydrogen-bond donors (Lipinski definition) is 11. The maximum Gasteiger partial charge on any atom is 0.326 e. The summed E-state index contributed by atoms with van der Waals surface area (Å²) < 4.78 is 0. The quantitative estimate of drug-likeness (QED) is 0.0212. The van der Waals surface area contributed by atoms with Gasteiger partial charge in [-0.15, -0.1) is 0 Å². The molecule has 0 aliphatic carbocycles. The van der Waals surface area contributed by atoms with E-state index in [4.69, 9.17) is 40.1 Å². The van der Waals surface area contributed by atoms with Crippen LogP contribution >= 0.6 is 0 Å². The van der Waals surface area contributed by atoms with E-state index in [2.05, 4.69) is 25.9 Å². The van der Waals surface area contributed by atoms with Crippen molar-refractivity contribution in [2.45, 2.75) is 88.0 Å². The highest BCUT2D eigenvalue weighted by Crippen LogP contribution is 2.14. The molecule has 0 unspecified atom stereocenters. The third-order valence-electron chi connectivity index (χ3n) is 7.27. The fourth-order valence-corrected chi connectivity index (χ4v) is 4.68. The Labute approximate surface area is 274 Å². The van der Waals surface area contributed by atoms with E-state index in [1.54, 1.807) is 6.08 Å². The van der Waals surface area contributed by atoms with Crippen molar-refractivity contribution in [3.05, 3.63) is 12.2 Å². The first-order valence-corrected chi connectivity index (χ1v) is 15.7. The van der Waals surface area contributed by atoms with E-state index in [1.165, 1.54) is 11.0 Å². The minimum atomic E-state index is -1.25. The van der Waals surface area contributed by atoms with Crippen LogP contribution in [0, 0.1) is 0 Å². The van der Waals surface area contributed by atoms with E-state index in [0.29, 0.717) is 51.6 Å². The standard InChI is InChI=1S/C28H53N13O6/c29-12-11-19(25(45)41-16-6-10-21(41)24(44)40-20(26(46)47)9-5-15-38-28(34)35)39-23(43)18(31)8-1-3-13-36-22(42)17(30)7-2-4-14-37-27(32)33/h6,10,17-21H,1-5,7-9,11-16,29-31H2,(H,36,42)(H,39,43)(H,40,44)(H,46,47)(H4,32,33,37)(H4,34,35,38)/t17-,18-,19-,20-,21-/m0/s1. The maximum absolute atomic E-state index is 13.4. The molecule has 0 bridgehead atoms. The highest BCUT2D eigenvalue weighted by atomic mass is 16.4. The molecule has 0 saturated carbocycles. The van der Waals surface area contributed by atoms with E-state index < -0.39 is 53.9 Å². The van der Waals surface area contributed by atoms with Crippen molar-refractivity contribution in [3.8, 4) is 0 Å². The van der Waals surface area contributed by atoms with E-state index >= 15 is 0 Å². The summed E-state index contributed by atoms with van der Waals surface area (Å²) in [6.45, 7) is 1.16. The number of carboxylic acid groups (broad SMARTS) is 1. The Kier molecular flexibility index (Phi) is 19.1. The summed E-state index contributed by atoms with van der Waals surface area (Å²) in [4.78, 5) is 72.1. The minimum Gasteiger partial charge on any atom is -0.480 e. The summed E-state index contributed by atoms with van der Waals surface area (Å²) in [5.41, 5.74) is 38.8. The average molecular weight is 668 g/mol. The number of aliphatic imine (C=N–C) groups is 2. The zero-order valence-electron chi connectivity index (χ0n) is 26.8. The fraction of sp³-hybridized carbons (Fsp3) is 0.679. The zero-order chi connectivity index (χ0) is 35.4. The molecule has 0 spiro atoms. The van der Waals surface area contributed by atoms with Crippen LogP contribution < -0.4 is 56.1 Å². The van der Waals surface area contributed by atoms with Crippen molar-refractivity contribution < 1.29 is 29.1 Å². The van der Waals surface area contributed by atoms with Crippen LogP contribution in [0.1, 0.15) is 57.8 Å². The van der Waals surface area contributed by atoms with Gasteiger partial charge in [-0.05, 0) is 64.3 Å². The highest BCUT2D eigenvalue weighted by Gasteiger charge is 2.36. The van der Waals surface area contributed by atoms with Gasteiger partial charge in [0.1, 0.15) is 18.1 Å². The molecule has 0 saturated heterocycles. The number of nitrogens with two attached hydrogens (primary N) is 7. The third-order valence-corrected chi connectivity index (χ3v) is 7.27. The summed E-state index contributed by atoms with van der Waals surface area (Å²) in [5, 5.41) is 17.4. The summed E-state index contributed by atoms with van der Waals surface area (Å²) in [7, 11) is 0. The molecule has 1 heterocycles. The molecule has 266 valence electrons. The van der Waals surface area contributed by atoms with E-state index in [-0.39, 0.29) is 56.7 Å². The summed E-state index contributed by atoms with van der Waals surface area (Å²) >= 11 is 0. The molecule has 19 nitrogen and oxygen atoms in total. The first kappa shape index (κ1) is 40.5. The fourth-order valence-electron chi connectivity index (χ4n) is 4.68. The second-order valence-corrected chi connectivity index (χ2v) is 11.2. The van der Waals surface area contributed by atoms with Crippen LogP contribution in [0.15, 0.2) is 22.1 Å². The Hall–Kier alpha value is -4.49. The van der Waals surface area contributed by atoms with Crippen LogP contribution in [0.5, 0.6) is 0 Å². The number of guanidine groups is 2. The SMILES string of the molecule is NCC[C@H](NC(=O)[C@@H](N)CCCCNC(=O)[C@@H](N)CCCCN=C(N)N)C(=O)N1CC=C[C@H]1C(=O)N[C@@H](CCCN=C(N)N)C(=O)O. The number of nitrogens with one attached hydrogen (secondary N) is 3. The lowest BCUT2D eigenvalue weighted by molar-refractivity contribution is -0.144. The molecule has 1 rings (SSSR count). The molecule has 0 radical (unpaired) electrons. The van der Waals surface area contributed by atoms with Crippen LogP contribution in [0.4, 0.5) is 0 Å². The number of rotatable bonds is 23.